The van der Waals surface area contributed by atoms with Gasteiger partial charge in [-0.2, -0.15) is 5.10 Å². The molecule has 1 saturated heterocycles. The van der Waals surface area contributed by atoms with Gasteiger partial charge in [-0.3, -0.25) is 4.79 Å². The van der Waals surface area contributed by atoms with Crippen molar-refractivity contribution < 1.29 is 9.53 Å². The van der Waals surface area contributed by atoms with Gasteiger partial charge in [0.15, 0.2) is 5.84 Å². The fourth-order valence-electron chi connectivity index (χ4n) is 2.77. The Hall–Kier alpha value is -1.99. The second kappa shape index (κ2) is 5.03. The van der Waals surface area contributed by atoms with Crippen molar-refractivity contribution in [1.29, 1.82) is 0 Å². The SMILES string of the molecule is CC1C(=O)NN=C2COc3cc(Cl)c(NC4CNC4)cc3N21. The number of nitrogens with one attached hydrogen (secondary N) is 3. The first-order valence-corrected chi connectivity index (χ1v) is 7.60. The highest BCUT2D eigenvalue weighted by Crippen LogP contribution is 2.41. The molecule has 3 aliphatic rings. The van der Waals surface area contributed by atoms with E-state index in [4.69, 9.17) is 16.3 Å². The van der Waals surface area contributed by atoms with Crippen molar-refractivity contribution in [1.82, 2.24) is 10.7 Å². The van der Waals surface area contributed by atoms with E-state index in [1.807, 2.05) is 17.9 Å². The van der Waals surface area contributed by atoms with Gasteiger partial charge in [0.1, 0.15) is 18.4 Å². The molecule has 3 aliphatic heterocycles. The Morgan fingerprint density at radius 1 is 1.45 bits per heavy atom. The zero-order chi connectivity index (χ0) is 15.3. The van der Waals surface area contributed by atoms with Crippen LogP contribution in [0.2, 0.25) is 5.02 Å². The number of amides is 1. The highest BCUT2D eigenvalue weighted by Gasteiger charge is 2.35. The molecule has 1 aromatic carbocycles. The Labute approximate surface area is 132 Å². The van der Waals surface area contributed by atoms with Crippen molar-refractivity contribution >= 4 is 34.7 Å². The highest BCUT2D eigenvalue weighted by atomic mass is 35.5. The first-order valence-electron chi connectivity index (χ1n) is 7.23. The number of hydrogen-bond donors (Lipinski definition) is 3. The monoisotopic (exact) mass is 321 g/mol. The minimum atomic E-state index is -0.338. The van der Waals surface area contributed by atoms with Crippen LogP contribution in [0.3, 0.4) is 0 Å². The lowest BCUT2D eigenvalue weighted by molar-refractivity contribution is -0.122. The smallest absolute Gasteiger partial charge is 0.262 e. The van der Waals surface area contributed by atoms with Gasteiger partial charge in [0.05, 0.1) is 22.4 Å². The maximum Gasteiger partial charge on any atom is 0.262 e. The van der Waals surface area contributed by atoms with Crippen LogP contribution in [0.5, 0.6) is 5.75 Å². The molecule has 8 heteroatoms. The van der Waals surface area contributed by atoms with E-state index in [1.54, 1.807) is 6.07 Å². The summed E-state index contributed by atoms with van der Waals surface area (Å²) in [6.07, 6.45) is 0. The van der Waals surface area contributed by atoms with Crippen LogP contribution in [0.25, 0.3) is 0 Å². The number of halogens is 1. The molecule has 3 N–H and O–H groups in total. The van der Waals surface area contributed by atoms with Crippen LogP contribution in [0.4, 0.5) is 11.4 Å². The summed E-state index contributed by atoms with van der Waals surface area (Å²) in [5, 5.41) is 11.3. The first kappa shape index (κ1) is 13.7. The van der Waals surface area contributed by atoms with Crippen molar-refractivity contribution in [2.75, 3.05) is 29.9 Å². The topological polar surface area (TPSA) is 78.0 Å². The van der Waals surface area contributed by atoms with Crippen LogP contribution in [0, 0.1) is 0 Å². The first-order chi connectivity index (χ1) is 10.6. The molecule has 1 aromatic rings. The lowest BCUT2D eigenvalue weighted by atomic mass is 10.1. The molecular formula is C14H16ClN5O2. The molecule has 7 nitrogen and oxygen atoms in total. The zero-order valence-corrected chi connectivity index (χ0v) is 12.8. The molecule has 116 valence electrons. The van der Waals surface area contributed by atoms with Crippen molar-refractivity contribution in [2.24, 2.45) is 5.10 Å². The Balaban J connectivity index is 1.74. The number of fused-ring (bicyclic) bond motifs is 3. The number of amidine groups is 1. The maximum absolute atomic E-state index is 11.9. The van der Waals surface area contributed by atoms with Gasteiger partial charge in [-0.1, -0.05) is 11.6 Å². The minimum Gasteiger partial charge on any atom is -0.483 e. The number of hydrazone groups is 1. The summed E-state index contributed by atoms with van der Waals surface area (Å²) in [5.41, 5.74) is 4.17. The van der Waals surface area contributed by atoms with Crippen LogP contribution in [-0.2, 0) is 4.79 Å². The van der Waals surface area contributed by atoms with E-state index in [1.165, 1.54) is 0 Å². The number of rotatable bonds is 2. The van der Waals surface area contributed by atoms with Gasteiger partial charge in [-0.05, 0) is 13.0 Å². The molecule has 0 radical (unpaired) electrons. The molecule has 22 heavy (non-hydrogen) atoms. The van der Waals surface area contributed by atoms with Crippen molar-refractivity contribution in [3.63, 3.8) is 0 Å². The second-order valence-electron chi connectivity index (χ2n) is 5.64. The molecule has 3 heterocycles. The third kappa shape index (κ3) is 2.08. The van der Waals surface area contributed by atoms with E-state index in [0.717, 1.165) is 24.5 Å². The van der Waals surface area contributed by atoms with E-state index in [0.29, 0.717) is 29.3 Å². The van der Waals surface area contributed by atoms with Crippen LogP contribution >= 0.6 is 11.6 Å². The molecule has 0 saturated carbocycles. The van der Waals surface area contributed by atoms with Crippen molar-refractivity contribution in [3.8, 4) is 5.75 Å². The summed E-state index contributed by atoms with van der Waals surface area (Å²) in [5.74, 6) is 1.23. The van der Waals surface area contributed by atoms with E-state index >= 15 is 0 Å². The third-order valence-corrected chi connectivity index (χ3v) is 4.46. The molecule has 0 bridgehead atoms. The number of nitrogens with zero attached hydrogens (tertiary/aromatic N) is 2. The molecule has 1 unspecified atom stereocenters. The van der Waals surface area contributed by atoms with Gasteiger partial charge in [-0.25, -0.2) is 5.43 Å². The molecule has 0 aromatic heterocycles. The van der Waals surface area contributed by atoms with Gasteiger partial charge in [0.25, 0.3) is 5.91 Å². The third-order valence-electron chi connectivity index (χ3n) is 4.15. The maximum atomic E-state index is 11.9. The summed E-state index contributed by atoms with van der Waals surface area (Å²) in [7, 11) is 0. The van der Waals surface area contributed by atoms with Crippen LogP contribution < -0.4 is 25.7 Å². The minimum absolute atomic E-state index is 0.135. The van der Waals surface area contributed by atoms with Crippen LogP contribution in [-0.4, -0.2) is 43.5 Å². The van der Waals surface area contributed by atoms with Crippen LogP contribution in [0.1, 0.15) is 6.92 Å². The number of anilines is 2. The fourth-order valence-corrected chi connectivity index (χ4v) is 2.98. The molecule has 0 aliphatic carbocycles. The summed E-state index contributed by atoms with van der Waals surface area (Å²) >= 11 is 6.34. The molecule has 1 amide bonds. The van der Waals surface area contributed by atoms with Gasteiger partial charge in [0, 0.05) is 19.2 Å². The van der Waals surface area contributed by atoms with E-state index < -0.39 is 0 Å². The second-order valence-corrected chi connectivity index (χ2v) is 6.05. The Bertz CT molecular complexity index is 673. The van der Waals surface area contributed by atoms with Gasteiger partial charge >= 0.3 is 0 Å². The Kier molecular flexibility index (Phi) is 3.12. The quantitative estimate of drug-likeness (QED) is 0.749. The molecule has 1 atom stereocenters. The predicted molar refractivity (Wildman–Crippen MR) is 84.7 cm³/mol. The summed E-state index contributed by atoms with van der Waals surface area (Å²) in [6, 6.07) is 3.76. The molecule has 4 rings (SSSR count). The number of ether oxygens (including phenoxy) is 1. The van der Waals surface area contributed by atoms with Gasteiger partial charge in [0.2, 0.25) is 0 Å². The standard InChI is InChI=1S/C14H16ClN5O2/c1-7-14(21)19-18-13-6-22-12-2-9(15)10(3-11(12)20(7)13)17-8-4-16-5-8/h2-3,7-8,16-17H,4-6H2,1H3,(H,19,21). The number of hydrogen-bond acceptors (Lipinski definition) is 6. The normalized spacial score (nSPS) is 23.5. The summed E-state index contributed by atoms with van der Waals surface area (Å²) in [4.78, 5) is 13.8. The van der Waals surface area contributed by atoms with Gasteiger partial charge in [-0.15, -0.1) is 0 Å². The average molecular weight is 322 g/mol. The molecule has 0 spiro atoms. The predicted octanol–water partition coefficient (Wildman–Crippen LogP) is 0.754. The largest absolute Gasteiger partial charge is 0.483 e. The number of carbonyl (C=O) groups excluding carboxylic acids is 1. The Morgan fingerprint density at radius 2 is 2.27 bits per heavy atom. The summed E-state index contributed by atoms with van der Waals surface area (Å²) in [6.45, 7) is 3.99. The number of benzene rings is 1. The highest BCUT2D eigenvalue weighted by molar-refractivity contribution is 6.33. The van der Waals surface area contributed by atoms with E-state index in [2.05, 4.69) is 21.2 Å². The van der Waals surface area contributed by atoms with Crippen molar-refractivity contribution in [2.45, 2.75) is 19.0 Å². The zero-order valence-electron chi connectivity index (χ0n) is 12.0. The fraction of sp³-hybridized carbons (Fsp3) is 0.429. The molecule has 1 fully saturated rings. The van der Waals surface area contributed by atoms with Crippen molar-refractivity contribution in [3.05, 3.63) is 17.2 Å². The van der Waals surface area contributed by atoms with E-state index in [9.17, 15) is 4.79 Å². The lowest BCUT2D eigenvalue weighted by Gasteiger charge is -2.38. The van der Waals surface area contributed by atoms with E-state index in [-0.39, 0.29) is 11.9 Å². The molecular weight excluding hydrogens is 306 g/mol. The Morgan fingerprint density at radius 3 is 3.00 bits per heavy atom. The lowest BCUT2D eigenvalue weighted by Crippen LogP contribution is -2.55. The summed E-state index contributed by atoms with van der Waals surface area (Å²) < 4.78 is 5.71. The van der Waals surface area contributed by atoms with Crippen LogP contribution in [0.15, 0.2) is 17.2 Å². The average Bonchev–Trinajstić information content (AvgIpc) is 2.46. The van der Waals surface area contributed by atoms with Gasteiger partial charge < -0.3 is 20.3 Å². The number of carbonyl (C=O) groups is 1.